The van der Waals surface area contributed by atoms with Gasteiger partial charge in [0, 0.05) is 22.8 Å². The minimum atomic E-state index is -0.628. The molecule has 3 aromatic rings. The van der Waals surface area contributed by atoms with Gasteiger partial charge >= 0.3 is 0 Å². The average molecular weight is 493 g/mol. The summed E-state index contributed by atoms with van der Waals surface area (Å²) in [5.41, 5.74) is 2.67. The maximum absolute atomic E-state index is 13.3. The molecule has 2 aliphatic heterocycles. The van der Waals surface area contributed by atoms with Crippen molar-refractivity contribution in [3.63, 3.8) is 0 Å². The highest BCUT2D eigenvalue weighted by molar-refractivity contribution is 8.13. The summed E-state index contributed by atoms with van der Waals surface area (Å²) in [6.07, 6.45) is 2.07. The van der Waals surface area contributed by atoms with Crippen LogP contribution in [0.25, 0.3) is 0 Å². The number of fused-ring (bicyclic) bond motifs is 3. The SMILES string of the molecule is O=C(CC[C@@H]1N=C2c3ccccc3N=C(SCc3ccc(Cl)cc3)N2C1=O)NCc1ccco1. The van der Waals surface area contributed by atoms with Crippen molar-refractivity contribution < 1.29 is 14.0 Å². The molecule has 0 spiro atoms. The highest BCUT2D eigenvalue weighted by Gasteiger charge is 2.41. The van der Waals surface area contributed by atoms with Gasteiger partial charge in [0.2, 0.25) is 5.91 Å². The van der Waals surface area contributed by atoms with Gasteiger partial charge in [-0.25, -0.2) is 9.89 Å². The van der Waals surface area contributed by atoms with Crippen LogP contribution in [0.2, 0.25) is 5.02 Å². The number of thioether (sulfide) groups is 1. The van der Waals surface area contributed by atoms with Crippen LogP contribution in [0, 0.1) is 0 Å². The van der Waals surface area contributed by atoms with E-state index in [0.29, 0.717) is 40.5 Å². The summed E-state index contributed by atoms with van der Waals surface area (Å²) in [5.74, 6) is 1.59. The van der Waals surface area contributed by atoms with Crippen molar-refractivity contribution in [1.82, 2.24) is 10.2 Å². The van der Waals surface area contributed by atoms with Gasteiger partial charge < -0.3 is 9.73 Å². The number of para-hydroxylation sites is 1. The topological polar surface area (TPSA) is 87.3 Å². The number of furan rings is 1. The number of aliphatic imine (C=N–C) groups is 2. The lowest BCUT2D eigenvalue weighted by Crippen LogP contribution is -2.41. The summed E-state index contributed by atoms with van der Waals surface area (Å²) in [4.78, 5) is 36.7. The van der Waals surface area contributed by atoms with Crippen molar-refractivity contribution in [2.24, 2.45) is 9.98 Å². The summed E-state index contributed by atoms with van der Waals surface area (Å²) in [5, 5.41) is 4.07. The molecule has 5 rings (SSSR count). The van der Waals surface area contributed by atoms with Crippen LogP contribution >= 0.6 is 23.4 Å². The zero-order valence-corrected chi connectivity index (χ0v) is 19.7. The van der Waals surface area contributed by atoms with Gasteiger partial charge in [-0.15, -0.1) is 0 Å². The second kappa shape index (κ2) is 9.87. The van der Waals surface area contributed by atoms with Crippen molar-refractivity contribution in [3.8, 4) is 0 Å². The largest absolute Gasteiger partial charge is 0.467 e. The number of hydrogen-bond donors (Lipinski definition) is 1. The molecule has 0 saturated carbocycles. The van der Waals surface area contributed by atoms with Crippen LogP contribution < -0.4 is 5.32 Å². The van der Waals surface area contributed by atoms with E-state index >= 15 is 0 Å². The number of halogens is 1. The standard InChI is InChI=1S/C25H21ClN4O3S/c26-17-9-7-16(8-10-17)15-34-25-29-20-6-2-1-5-19(20)23-28-21(24(32)30(23)25)11-12-22(31)27-14-18-4-3-13-33-18/h1-10,13,21H,11-12,14-15H2,(H,27,31)/t21-/m0/s1. The third-order valence-electron chi connectivity index (χ3n) is 5.51. The Labute approximate surface area is 205 Å². The molecule has 2 amide bonds. The van der Waals surface area contributed by atoms with Crippen LogP contribution in [0.15, 0.2) is 81.3 Å². The summed E-state index contributed by atoms with van der Waals surface area (Å²) in [7, 11) is 0. The van der Waals surface area contributed by atoms with Crippen molar-refractivity contribution in [2.45, 2.75) is 31.2 Å². The van der Waals surface area contributed by atoms with Crippen LogP contribution in [-0.2, 0) is 21.9 Å². The highest BCUT2D eigenvalue weighted by atomic mass is 35.5. The van der Waals surface area contributed by atoms with Gasteiger partial charge in [0.05, 0.1) is 18.5 Å². The Bertz CT molecular complexity index is 1270. The molecule has 1 N–H and O–H groups in total. The lowest BCUT2D eigenvalue weighted by molar-refractivity contribution is -0.125. The lowest BCUT2D eigenvalue weighted by Gasteiger charge is -2.25. The van der Waals surface area contributed by atoms with Crippen molar-refractivity contribution in [3.05, 3.63) is 88.8 Å². The Hall–Kier alpha value is -3.36. The minimum Gasteiger partial charge on any atom is -0.467 e. The van der Waals surface area contributed by atoms with Crippen molar-refractivity contribution >= 4 is 51.9 Å². The van der Waals surface area contributed by atoms with Gasteiger partial charge in [0.15, 0.2) is 5.17 Å². The smallest absolute Gasteiger partial charge is 0.259 e. The fourth-order valence-electron chi connectivity index (χ4n) is 3.77. The monoisotopic (exact) mass is 492 g/mol. The molecular weight excluding hydrogens is 472 g/mol. The van der Waals surface area contributed by atoms with Crippen LogP contribution in [-0.4, -0.2) is 33.8 Å². The molecule has 2 aliphatic rings. The molecule has 7 nitrogen and oxygen atoms in total. The number of nitrogens with zero attached hydrogens (tertiary/aromatic N) is 3. The second-order valence-electron chi connectivity index (χ2n) is 7.86. The van der Waals surface area contributed by atoms with E-state index in [1.807, 2.05) is 48.5 Å². The summed E-state index contributed by atoms with van der Waals surface area (Å²) in [6.45, 7) is 0.316. The van der Waals surface area contributed by atoms with E-state index in [1.165, 1.54) is 11.8 Å². The quantitative estimate of drug-likeness (QED) is 0.507. The minimum absolute atomic E-state index is 0.152. The molecule has 0 fully saturated rings. The molecule has 0 unspecified atom stereocenters. The van der Waals surface area contributed by atoms with E-state index in [2.05, 4.69) is 5.32 Å². The number of carbonyl (C=O) groups is 2. The van der Waals surface area contributed by atoms with Crippen LogP contribution in [0.4, 0.5) is 5.69 Å². The first-order valence-corrected chi connectivity index (χ1v) is 12.2. The molecule has 0 saturated heterocycles. The fraction of sp³-hybridized carbons (Fsp3) is 0.200. The number of carbonyl (C=O) groups excluding carboxylic acids is 2. The third kappa shape index (κ3) is 4.78. The van der Waals surface area contributed by atoms with Gasteiger partial charge in [0.1, 0.15) is 17.6 Å². The number of nitrogens with one attached hydrogen (secondary N) is 1. The molecule has 34 heavy (non-hydrogen) atoms. The lowest BCUT2D eigenvalue weighted by atomic mass is 10.1. The molecule has 2 aromatic carbocycles. The zero-order chi connectivity index (χ0) is 23.5. The predicted octanol–water partition coefficient (Wildman–Crippen LogP) is 4.92. The summed E-state index contributed by atoms with van der Waals surface area (Å²) < 4.78 is 5.23. The maximum atomic E-state index is 13.3. The Morgan fingerprint density at radius 3 is 2.74 bits per heavy atom. The number of amidine groups is 2. The predicted molar refractivity (Wildman–Crippen MR) is 133 cm³/mol. The van der Waals surface area contributed by atoms with Crippen LogP contribution in [0.3, 0.4) is 0 Å². The van der Waals surface area contributed by atoms with E-state index in [9.17, 15) is 9.59 Å². The first-order valence-electron chi connectivity index (χ1n) is 10.8. The first-order chi connectivity index (χ1) is 16.6. The molecule has 0 radical (unpaired) electrons. The molecule has 9 heteroatoms. The van der Waals surface area contributed by atoms with Crippen LogP contribution in [0.5, 0.6) is 0 Å². The molecule has 1 atom stereocenters. The molecule has 0 aliphatic carbocycles. The summed E-state index contributed by atoms with van der Waals surface area (Å²) >= 11 is 7.46. The fourth-order valence-corrected chi connectivity index (χ4v) is 4.85. The van der Waals surface area contributed by atoms with E-state index in [1.54, 1.807) is 23.3 Å². The number of hydrogen-bond acceptors (Lipinski definition) is 6. The molecule has 3 heterocycles. The van der Waals surface area contributed by atoms with E-state index in [4.69, 9.17) is 26.0 Å². The molecule has 0 bridgehead atoms. The highest BCUT2D eigenvalue weighted by Crippen LogP contribution is 2.35. The second-order valence-corrected chi connectivity index (χ2v) is 9.24. The average Bonchev–Trinajstić information content (AvgIpc) is 3.49. The van der Waals surface area contributed by atoms with E-state index < -0.39 is 6.04 Å². The molecule has 1 aromatic heterocycles. The maximum Gasteiger partial charge on any atom is 0.259 e. The third-order valence-corrected chi connectivity index (χ3v) is 6.78. The van der Waals surface area contributed by atoms with Gasteiger partial charge in [0.25, 0.3) is 5.91 Å². The normalized spacial score (nSPS) is 16.6. The Balaban J connectivity index is 1.29. The number of amides is 2. The van der Waals surface area contributed by atoms with Gasteiger partial charge in [-0.3, -0.25) is 14.6 Å². The van der Waals surface area contributed by atoms with E-state index in [0.717, 1.165) is 16.8 Å². The van der Waals surface area contributed by atoms with Crippen LogP contribution in [0.1, 0.15) is 29.7 Å². The van der Waals surface area contributed by atoms with E-state index in [-0.39, 0.29) is 18.2 Å². The molecular formula is C25H21ClN4O3S. The van der Waals surface area contributed by atoms with Gasteiger partial charge in [-0.05, 0) is 48.4 Å². The Morgan fingerprint density at radius 2 is 1.94 bits per heavy atom. The van der Waals surface area contributed by atoms with Gasteiger partial charge in [-0.2, -0.15) is 0 Å². The number of benzene rings is 2. The molecule has 172 valence electrons. The van der Waals surface area contributed by atoms with Crippen molar-refractivity contribution in [2.75, 3.05) is 0 Å². The summed E-state index contributed by atoms with van der Waals surface area (Å²) in [6, 6.07) is 18.2. The first kappa shape index (κ1) is 22.4. The zero-order valence-electron chi connectivity index (χ0n) is 18.1. The van der Waals surface area contributed by atoms with Gasteiger partial charge in [-0.1, -0.05) is 47.6 Å². The Kier molecular flexibility index (Phi) is 6.51. The Morgan fingerprint density at radius 1 is 1.12 bits per heavy atom. The number of rotatable bonds is 7. The van der Waals surface area contributed by atoms with Crippen molar-refractivity contribution in [1.29, 1.82) is 0 Å².